The summed E-state index contributed by atoms with van der Waals surface area (Å²) in [5.41, 5.74) is 1.70. The van der Waals surface area contributed by atoms with Crippen molar-refractivity contribution in [3.05, 3.63) is 35.4 Å². The molecule has 1 aromatic carbocycles. The van der Waals surface area contributed by atoms with E-state index < -0.39 is 6.17 Å². The van der Waals surface area contributed by atoms with Gasteiger partial charge in [-0.3, -0.25) is 0 Å². The molecule has 0 radical (unpaired) electrons. The van der Waals surface area contributed by atoms with Gasteiger partial charge in [-0.1, -0.05) is 26.0 Å². The Kier molecular flexibility index (Phi) is 7.23. The number of hydrogen-bond acceptors (Lipinski definition) is 3. The molecular formula is C16H24FNO2. The summed E-state index contributed by atoms with van der Waals surface area (Å²) in [6.45, 7) is 6.08. The van der Waals surface area contributed by atoms with Crippen LogP contribution in [0.25, 0.3) is 0 Å². The fourth-order valence-corrected chi connectivity index (χ4v) is 2.00. The summed E-state index contributed by atoms with van der Waals surface area (Å²) >= 11 is 0. The molecule has 0 bridgehead atoms. The Bertz CT molecular complexity index is 405. The number of nitrogens with zero attached hydrogens (tertiary/aromatic N) is 1. The lowest BCUT2D eigenvalue weighted by Crippen LogP contribution is -2.32. The summed E-state index contributed by atoms with van der Waals surface area (Å²) in [5.74, 6) is -0.324. The second-order valence-electron chi connectivity index (χ2n) is 4.84. The van der Waals surface area contributed by atoms with Gasteiger partial charge in [-0.25, -0.2) is 9.18 Å². The van der Waals surface area contributed by atoms with Gasteiger partial charge in [0.15, 0.2) is 0 Å². The standard InChI is InChI=1S/C16H24FNO2/c1-4-15(17)12-18(5-2)11-10-13-6-8-14(9-7-13)16(19)20-3/h6-9,15H,4-5,10-12H2,1-3H3. The summed E-state index contributed by atoms with van der Waals surface area (Å²) in [5, 5.41) is 0. The van der Waals surface area contributed by atoms with Gasteiger partial charge in [-0.2, -0.15) is 0 Å². The van der Waals surface area contributed by atoms with E-state index in [0.717, 1.165) is 25.1 Å². The molecule has 0 aliphatic rings. The Morgan fingerprint density at radius 3 is 2.45 bits per heavy atom. The van der Waals surface area contributed by atoms with E-state index in [1.54, 1.807) is 12.1 Å². The number of carbonyl (C=O) groups excluding carboxylic acids is 1. The van der Waals surface area contributed by atoms with Crippen LogP contribution in [-0.2, 0) is 11.2 Å². The first-order chi connectivity index (χ1) is 9.60. The molecule has 0 aliphatic heterocycles. The zero-order valence-electron chi connectivity index (χ0n) is 12.6. The van der Waals surface area contributed by atoms with Gasteiger partial charge in [-0.15, -0.1) is 0 Å². The minimum atomic E-state index is -0.753. The van der Waals surface area contributed by atoms with E-state index in [1.807, 2.05) is 26.0 Å². The highest BCUT2D eigenvalue weighted by Gasteiger charge is 2.10. The van der Waals surface area contributed by atoms with Crippen molar-refractivity contribution < 1.29 is 13.9 Å². The number of methoxy groups -OCH3 is 1. The average Bonchev–Trinajstić information content (AvgIpc) is 2.50. The topological polar surface area (TPSA) is 29.5 Å². The maximum Gasteiger partial charge on any atom is 0.337 e. The van der Waals surface area contributed by atoms with Crippen molar-refractivity contribution in [3.63, 3.8) is 0 Å². The van der Waals surface area contributed by atoms with Crippen LogP contribution in [0.5, 0.6) is 0 Å². The molecule has 0 saturated carbocycles. The number of hydrogen-bond donors (Lipinski definition) is 0. The number of halogens is 1. The van der Waals surface area contributed by atoms with Crippen molar-refractivity contribution in [1.29, 1.82) is 0 Å². The highest BCUT2D eigenvalue weighted by atomic mass is 19.1. The number of alkyl halides is 1. The first-order valence-electron chi connectivity index (χ1n) is 7.14. The van der Waals surface area contributed by atoms with Crippen LogP contribution in [0.3, 0.4) is 0 Å². The lowest BCUT2D eigenvalue weighted by molar-refractivity contribution is 0.0600. The molecule has 0 saturated heterocycles. The molecule has 0 fully saturated rings. The van der Waals surface area contributed by atoms with Gasteiger partial charge in [0.25, 0.3) is 0 Å². The number of ether oxygens (including phenoxy) is 1. The van der Waals surface area contributed by atoms with E-state index in [-0.39, 0.29) is 5.97 Å². The maximum absolute atomic E-state index is 13.4. The van der Waals surface area contributed by atoms with Crippen LogP contribution in [0.15, 0.2) is 24.3 Å². The number of esters is 1. The Balaban J connectivity index is 2.49. The molecule has 1 aromatic rings. The summed E-state index contributed by atoms with van der Waals surface area (Å²) in [6, 6.07) is 7.38. The fraction of sp³-hybridized carbons (Fsp3) is 0.562. The molecule has 0 aromatic heterocycles. The van der Waals surface area contributed by atoms with Gasteiger partial charge >= 0.3 is 5.97 Å². The molecule has 0 aliphatic carbocycles. The van der Waals surface area contributed by atoms with Crippen LogP contribution in [0.4, 0.5) is 4.39 Å². The van der Waals surface area contributed by atoms with Crippen molar-refractivity contribution in [1.82, 2.24) is 4.90 Å². The lowest BCUT2D eigenvalue weighted by Gasteiger charge is -2.21. The van der Waals surface area contributed by atoms with E-state index in [9.17, 15) is 9.18 Å². The van der Waals surface area contributed by atoms with Crippen LogP contribution >= 0.6 is 0 Å². The van der Waals surface area contributed by atoms with E-state index >= 15 is 0 Å². The molecule has 20 heavy (non-hydrogen) atoms. The zero-order valence-corrected chi connectivity index (χ0v) is 12.6. The van der Waals surface area contributed by atoms with E-state index in [4.69, 9.17) is 0 Å². The molecule has 3 nitrogen and oxygen atoms in total. The Labute approximate surface area is 120 Å². The second kappa shape index (κ2) is 8.69. The molecule has 4 heteroatoms. The van der Waals surface area contributed by atoms with Crippen LogP contribution in [0.2, 0.25) is 0 Å². The van der Waals surface area contributed by atoms with E-state index in [2.05, 4.69) is 9.64 Å². The third-order valence-electron chi connectivity index (χ3n) is 3.44. The molecular weight excluding hydrogens is 257 g/mol. The predicted octanol–water partition coefficient (Wildman–Crippen LogP) is 3.09. The van der Waals surface area contributed by atoms with Gasteiger partial charge in [0, 0.05) is 13.1 Å². The van der Waals surface area contributed by atoms with Crippen LogP contribution in [0, 0.1) is 0 Å². The van der Waals surface area contributed by atoms with Crippen molar-refractivity contribution >= 4 is 5.97 Å². The molecule has 1 atom stereocenters. The van der Waals surface area contributed by atoms with Gasteiger partial charge in [-0.05, 0) is 37.1 Å². The summed E-state index contributed by atoms with van der Waals surface area (Å²) in [6.07, 6.45) is 0.660. The van der Waals surface area contributed by atoms with E-state index in [0.29, 0.717) is 18.5 Å². The first kappa shape index (κ1) is 16.6. The van der Waals surface area contributed by atoms with Crippen LogP contribution in [0.1, 0.15) is 36.2 Å². The monoisotopic (exact) mass is 281 g/mol. The summed E-state index contributed by atoms with van der Waals surface area (Å²) < 4.78 is 18.0. The van der Waals surface area contributed by atoms with E-state index in [1.165, 1.54) is 7.11 Å². The van der Waals surface area contributed by atoms with Gasteiger partial charge in [0.1, 0.15) is 6.17 Å². The minimum Gasteiger partial charge on any atom is -0.465 e. The van der Waals surface area contributed by atoms with Crippen molar-refractivity contribution in [3.8, 4) is 0 Å². The molecule has 1 unspecified atom stereocenters. The number of rotatable bonds is 8. The molecule has 0 spiro atoms. The Morgan fingerprint density at radius 1 is 1.30 bits per heavy atom. The average molecular weight is 281 g/mol. The summed E-state index contributed by atoms with van der Waals surface area (Å²) in [4.78, 5) is 13.4. The third kappa shape index (κ3) is 5.29. The van der Waals surface area contributed by atoms with Crippen molar-refractivity contribution in [2.45, 2.75) is 32.9 Å². The summed E-state index contributed by atoms with van der Waals surface area (Å²) in [7, 11) is 1.37. The quantitative estimate of drug-likeness (QED) is 0.686. The third-order valence-corrected chi connectivity index (χ3v) is 3.44. The molecule has 0 amide bonds. The number of benzene rings is 1. The van der Waals surface area contributed by atoms with Gasteiger partial charge in [0.05, 0.1) is 12.7 Å². The lowest BCUT2D eigenvalue weighted by atomic mass is 10.1. The molecule has 0 N–H and O–H groups in total. The number of likely N-dealkylation sites (N-methyl/N-ethyl adjacent to an activating group) is 1. The van der Waals surface area contributed by atoms with Crippen LogP contribution < -0.4 is 0 Å². The minimum absolute atomic E-state index is 0.324. The van der Waals surface area contributed by atoms with Crippen LogP contribution in [-0.4, -0.2) is 43.8 Å². The normalized spacial score (nSPS) is 12.4. The number of carbonyl (C=O) groups is 1. The smallest absolute Gasteiger partial charge is 0.337 e. The fourth-order valence-electron chi connectivity index (χ4n) is 2.00. The highest BCUT2D eigenvalue weighted by molar-refractivity contribution is 5.89. The maximum atomic E-state index is 13.4. The highest BCUT2D eigenvalue weighted by Crippen LogP contribution is 2.08. The van der Waals surface area contributed by atoms with Crippen molar-refractivity contribution in [2.75, 3.05) is 26.7 Å². The first-order valence-corrected chi connectivity index (χ1v) is 7.14. The largest absolute Gasteiger partial charge is 0.465 e. The Hall–Kier alpha value is -1.42. The van der Waals surface area contributed by atoms with Gasteiger partial charge < -0.3 is 9.64 Å². The second-order valence-corrected chi connectivity index (χ2v) is 4.84. The molecule has 1 rings (SSSR count). The molecule has 112 valence electrons. The van der Waals surface area contributed by atoms with Crippen molar-refractivity contribution in [2.24, 2.45) is 0 Å². The Morgan fingerprint density at radius 2 is 1.95 bits per heavy atom. The zero-order chi connectivity index (χ0) is 15.0. The predicted molar refractivity (Wildman–Crippen MR) is 78.8 cm³/mol. The molecule has 0 heterocycles. The SMILES string of the molecule is CCC(F)CN(CC)CCc1ccc(C(=O)OC)cc1. The van der Waals surface area contributed by atoms with Gasteiger partial charge in [0.2, 0.25) is 0 Å².